The van der Waals surface area contributed by atoms with Gasteiger partial charge in [0.2, 0.25) is 5.95 Å². The summed E-state index contributed by atoms with van der Waals surface area (Å²) in [6.45, 7) is 6.86. The quantitative estimate of drug-likeness (QED) is 0.774. The van der Waals surface area contributed by atoms with Crippen LogP contribution in [0.1, 0.15) is 21.6 Å². The van der Waals surface area contributed by atoms with Crippen LogP contribution in [0.15, 0.2) is 42.7 Å². The van der Waals surface area contributed by atoms with Gasteiger partial charge in [0.1, 0.15) is 5.69 Å². The van der Waals surface area contributed by atoms with Crippen LogP contribution in [-0.4, -0.2) is 57.2 Å². The van der Waals surface area contributed by atoms with Crippen molar-refractivity contribution in [2.24, 2.45) is 0 Å². The Morgan fingerprint density at radius 2 is 1.74 bits per heavy atom. The Hall–Kier alpha value is -3.22. The molecule has 0 unspecified atom stereocenters. The van der Waals surface area contributed by atoms with Crippen molar-refractivity contribution in [3.8, 4) is 11.3 Å². The van der Waals surface area contributed by atoms with Gasteiger partial charge in [-0.3, -0.25) is 9.89 Å². The number of carbonyl (C=O) groups is 1. The zero-order valence-corrected chi connectivity index (χ0v) is 15.5. The molecule has 0 aliphatic carbocycles. The molecule has 1 fully saturated rings. The molecule has 0 atom stereocenters. The van der Waals surface area contributed by atoms with Crippen molar-refractivity contribution in [1.82, 2.24) is 25.1 Å². The van der Waals surface area contributed by atoms with Crippen molar-refractivity contribution in [1.29, 1.82) is 0 Å². The molecule has 1 amide bonds. The summed E-state index contributed by atoms with van der Waals surface area (Å²) in [5.41, 5.74) is 4.78. The van der Waals surface area contributed by atoms with E-state index in [0.717, 1.165) is 11.3 Å². The second-order valence-corrected chi connectivity index (χ2v) is 6.79. The van der Waals surface area contributed by atoms with Gasteiger partial charge in [0.25, 0.3) is 5.91 Å². The fraction of sp³-hybridized carbons (Fsp3) is 0.300. The van der Waals surface area contributed by atoms with Gasteiger partial charge in [0, 0.05) is 44.1 Å². The molecule has 0 saturated carbocycles. The highest BCUT2D eigenvalue weighted by Gasteiger charge is 2.24. The monoisotopic (exact) mass is 362 g/mol. The largest absolute Gasteiger partial charge is 0.337 e. The Kier molecular flexibility index (Phi) is 4.58. The van der Waals surface area contributed by atoms with E-state index < -0.39 is 0 Å². The summed E-state index contributed by atoms with van der Waals surface area (Å²) in [5, 5.41) is 7.23. The number of aromatic nitrogens is 4. The van der Waals surface area contributed by atoms with Crippen LogP contribution in [0.3, 0.4) is 0 Å². The predicted molar refractivity (Wildman–Crippen MR) is 104 cm³/mol. The third-order valence-corrected chi connectivity index (χ3v) is 5.01. The lowest BCUT2D eigenvalue weighted by molar-refractivity contribution is 0.0740. The second kappa shape index (κ2) is 7.19. The average Bonchev–Trinajstić information content (AvgIpc) is 3.20. The van der Waals surface area contributed by atoms with Gasteiger partial charge in [-0.25, -0.2) is 9.97 Å². The highest BCUT2D eigenvalue weighted by atomic mass is 16.2. The maximum Gasteiger partial charge on any atom is 0.272 e. The van der Waals surface area contributed by atoms with Crippen molar-refractivity contribution < 1.29 is 4.79 Å². The molecular weight excluding hydrogens is 340 g/mol. The minimum Gasteiger partial charge on any atom is -0.337 e. The molecule has 7 heteroatoms. The number of piperazine rings is 1. The van der Waals surface area contributed by atoms with Crippen LogP contribution in [0.5, 0.6) is 0 Å². The summed E-state index contributed by atoms with van der Waals surface area (Å²) in [4.78, 5) is 25.3. The van der Waals surface area contributed by atoms with E-state index in [1.807, 2.05) is 17.0 Å². The number of H-pyrrole nitrogens is 1. The smallest absolute Gasteiger partial charge is 0.272 e. The molecule has 2 aromatic heterocycles. The van der Waals surface area contributed by atoms with Crippen LogP contribution in [0.4, 0.5) is 5.95 Å². The molecule has 4 rings (SSSR count). The first-order valence-corrected chi connectivity index (χ1v) is 9.06. The van der Waals surface area contributed by atoms with Crippen molar-refractivity contribution in [2.45, 2.75) is 13.8 Å². The number of aryl methyl sites for hydroxylation is 2. The summed E-state index contributed by atoms with van der Waals surface area (Å²) in [7, 11) is 0. The minimum atomic E-state index is -0.0220. The molecule has 3 heterocycles. The number of anilines is 1. The second-order valence-electron chi connectivity index (χ2n) is 6.79. The molecule has 7 nitrogen and oxygen atoms in total. The fourth-order valence-corrected chi connectivity index (χ4v) is 3.21. The van der Waals surface area contributed by atoms with E-state index >= 15 is 0 Å². The van der Waals surface area contributed by atoms with Crippen molar-refractivity contribution in [3.05, 3.63) is 59.5 Å². The van der Waals surface area contributed by atoms with Crippen LogP contribution in [-0.2, 0) is 0 Å². The number of carbonyl (C=O) groups excluding carboxylic acids is 1. The van der Waals surface area contributed by atoms with Gasteiger partial charge in [-0.2, -0.15) is 5.10 Å². The zero-order chi connectivity index (χ0) is 18.8. The average molecular weight is 362 g/mol. The summed E-state index contributed by atoms with van der Waals surface area (Å²) in [6, 6.07) is 9.84. The molecule has 0 spiro atoms. The van der Waals surface area contributed by atoms with E-state index in [9.17, 15) is 4.79 Å². The number of benzene rings is 1. The lowest BCUT2D eigenvalue weighted by Gasteiger charge is -2.34. The molecule has 1 saturated heterocycles. The molecule has 1 aliphatic heterocycles. The first kappa shape index (κ1) is 17.2. The fourth-order valence-electron chi connectivity index (χ4n) is 3.21. The van der Waals surface area contributed by atoms with Crippen LogP contribution in [0.25, 0.3) is 11.3 Å². The van der Waals surface area contributed by atoms with Crippen LogP contribution < -0.4 is 4.90 Å². The minimum absolute atomic E-state index is 0.0220. The predicted octanol–water partition coefficient (Wildman–Crippen LogP) is 2.45. The topological polar surface area (TPSA) is 78.0 Å². The third kappa shape index (κ3) is 3.53. The molecule has 0 radical (unpaired) electrons. The SMILES string of the molecule is Cc1ccc(-c2cc(C(=O)N3CCN(c4ncccn4)CC3)[nH]n2)cc1C. The van der Waals surface area contributed by atoms with Gasteiger partial charge in [-0.1, -0.05) is 12.1 Å². The van der Waals surface area contributed by atoms with Gasteiger partial charge in [-0.05, 0) is 43.2 Å². The summed E-state index contributed by atoms with van der Waals surface area (Å²) in [6.07, 6.45) is 3.47. The van der Waals surface area contributed by atoms with Crippen LogP contribution in [0, 0.1) is 13.8 Å². The number of hydrogen-bond acceptors (Lipinski definition) is 5. The Bertz CT molecular complexity index is 944. The van der Waals surface area contributed by atoms with E-state index in [1.54, 1.807) is 18.5 Å². The highest BCUT2D eigenvalue weighted by Crippen LogP contribution is 2.21. The van der Waals surface area contributed by atoms with E-state index in [1.165, 1.54) is 11.1 Å². The van der Waals surface area contributed by atoms with Gasteiger partial charge < -0.3 is 9.80 Å². The first-order chi connectivity index (χ1) is 13.1. The van der Waals surface area contributed by atoms with Crippen LogP contribution in [0.2, 0.25) is 0 Å². The van der Waals surface area contributed by atoms with Crippen molar-refractivity contribution in [3.63, 3.8) is 0 Å². The summed E-state index contributed by atoms with van der Waals surface area (Å²) in [5.74, 6) is 0.689. The number of aromatic amines is 1. The van der Waals surface area contributed by atoms with Crippen molar-refractivity contribution >= 4 is 11.9 Å². The van der Waals surface area contributed by atoms with Gasteiger partial charge >= 0.3 is 0 Å². The molecule has 138 valence electrons. The van der Waals surface area contributed by atoms with E-state index in [0.29, 0.717) is 37.8 Å². The molecule has 0 bridgehead atoms. The molecule has 1 aliphatic rings. The Balaban J connectivity index is 1.43. The number of nitrogens with zero attached hydrogens (tertiary/aromatic N) is 5. The molecule has 1 aromatic carbocycles. The number of rotatable bonds is 3. The maximum absolute atomic E-state index is 12.8. The zero-order valence-electron chi connectivity index (χ0n) is 15.5. The van der Waals surface area contributed by atoms with E-state index in [-0.39, 0.29) is 5.91 Å². The van der Waals surface area contributed by atoms with Gasteiger partial charge in [0.15, 0.2) is 0 Å². The lowest BCUT2D eigenvalue weighted by atomic mass is 10.0. The van der Waals surface area contributed by atoms with Crippen molar-refractivity contribution in [2.75, 3.05) is 31.1 Å². The Labute approximate surface area is 158 Å². The van der Waals surface area contributed by atoms with Gasteiger partial charge in [0.05, 0.1) is 5.69 Å². The maximum atomic E-state index is 12.8. The summed E-state index contributed by atoms with van der Waals surface area (Å²) >= 11 is 0. The first-order valence-electron chi connectivity index (χ1n) is 9.06. The van der Waals surface area contributed by atoms with E-state index in [4.69, 9.17) is 0 Å². The molecule has 3 aromatic rings. The summed E-state index contributed by atoms with van der Waals surface area (Å²) < 4.78 is 0. The third-order valence-electron chi connectivity index (χ3n) is 5.01. The standard InChI is InChI=1S/C20H22N6O/c1-14-4-5-16(12-15(14)2)17-13-18(24-23-17)19(27)25-8-10-26(11-9-25)20-21-6-3-7-22-20/h3-7,12-13H,8-11H2,1-2H3,(H,23,24). The normalized spacial score (nSPS) is 14.4. The highest BCUT2D eigenvalue weighted by molar-refractivity contribution is 5.93. The number of nitrogens with one attached hydrogen (secondary N) is 1. The molecule has 27 heavy (non-hydrogen) atoms. The Morgan fingerprint density at radius 3 is 2.44 bits per heavy atom. The molecule has 1 N–H and O–H groups in total. The van der Waals surface area contributed by atoms with Crippen LogP contribution >= 0.6 is 0 Å². The van der Waals surface area contributed by atoms with E-state index in [2.05, 4.69) is 51.0 Å². The lowest BCUT2D eigenvalue weighted by Crippen LogP contribution is -2.49. The Morgan fingerprint density at radius 1 is 1.00 bits per heavy atom. The van der Waals surface area contributed by atoms with Gasteiger partial charge in [-0.15, -0.1) is 0 Å². The number of amides is 1. The molecular formula is C20H22N6O. The number of hydrogen-bond donors (Lipinski definition) is 1.